The van der Waals surface area contributed by atoms with Crippen LogP contribution in [0.1, 0.15) is 27.9 Å². The third-order valence-electron chi connectivity index (χ3n) is 3.52. The first-order chi connectivity index (χ1) is 10.6. The summed E-state index contributed by atoms with van der Waals surface area (Å²) in [6, 6.07) is 15.0. The molecular weight excluding hydrogens is 276 g/mol. The summed E-state index contributed by atoms with van der Waals surface area (Å²) in [5.74, 6) is -0.0897. The van der Waals surface area contributed by atoms with Crippen molar-refractivity contribution in [2.45, 2.75) is 19.8 Å². The molecule has 0 saturated carbocycles. The number of hydrogen-bond acceptors (Lipinski definition) is 2. The molecule has 2 rings (SSSR count). The van der Waals surface area contributed by atoms with Crippen molar-refractivity contribution in [3.63, 3.8) is 0 Å². The lowest BCUT2D eigenvalue weighted by molar-refractivity contribution is -0.120. The minimum Gasteiger partial charge on any atom is -0.359 e. The van der Waals surface area contributed by atoms with E-state index < -0.39 is 0 Å². The van der Waals surface area contributed by atoms with Gasteiger partial charge < -0.3 is 10.6 Å². The first-order valence-electron chi connectivity index (χ1n) is 7.26. The summed E-state index contributed by atoms with van der Waals surface area (Å²) in [4.78, 5) is 23.4. The third kappa shape index (κ3) is 4.19. The Kier molecular flexibility index (Phi) is 5.31. The maximum Gasteiger partial charge on any atom is 0.255 e. The van der Waals surface area contributed by atoms with E-state index in [2.05, 4.69) is 10.6 Å². The van der Waals surface area contributed by atoms with Crippen LogP contribution in [0.2, 0.25) is 0 Å². The van der Waals surface area contributed by atoms with E-state index in [1.807, 2.05) is 55.5 Å². The van der Waals surface area contributed by atoms with Crippen molar-refractivity contribution in [2.75, 3.05) is 12.4 Å². The van der Waals surface area contributed by atoms with Crippen molar-refractivity contribution in [2.24, 2.45) is 0 Å². The van der Waals surface area contributed by atoms with Gasteiger partial charge in [-0.25, -0.2) is 0 Å². The Bertz CT molecular complexity index is 663. The Labute approximate surface area is 130 Å². The van der Waals surface area contributed by atoms with Crippen molar-refractivity contribution in [1.82, 2.24) is 5.32 Å². The van der Waals surface area contributed by atoms with Gasteiger partial charge in [0.25, 0.3) is 5.91 Å². The van der Waals surface area contributed by atoms with Gasteiger partial charge in [-0.3, -0.25) is 9.59 Å². The van der Waals surface area contributed by atoms with Gasteiger partial charge in [0.2, 0.25) is 5.91 Å². The van der Waals surface area contributed by atoms with Gasteiger partial charge in [0.15, 0.2) is 0 Å². The molecule has 0 fully saturated rings. The number of amides is 2. The van der Waals surface area contributed by atoms with Crippen molar-refractivity contribution < 1.29 is 9.59 Å². The summed E-state index contributed by atoms with van der Waals surface area (Å²) >= 11 is 0. The second kappa shape index (κ2) is 7.41. The van der Waals surface area contributed by atoms with E-state index in [1.54, 1.807) is 7.05 Å². The molecule has 0 spiro atoms. The standard InChI is InChI=1S/C18H20N2O2/c1-13-5-3-4-6-16(13)18(22)20-15-10-7-14(8-11-15)9-12-17(21)19-2/h3-8,10-11H,9,12H2,1-2H3,(H,19,21)(H,20,22). The Balaban J connectivity index is 1.98. The van der Waals surface area contributed by atoms with Crippen LogP contribution in [0.4, 0.5) is 5.69 Å². The lowest BCUT2D eigenvalue weighted by Gasteiger charge is -2.08. The Hall–Kier alpha value is -2.62. The van der Waals surface area contributed by atoms with Crippen LogP contribution in [-0.4, -0.2) is 18.9 Å². The molecule has 0 saturated heterocycles. The minimum absolute atomic E-state index is 0.0249. The van der Waals surface area contributed by atoms with Gasteiger partial charge in [0.05, 0.1) is 0 Å². The van der Waals surface area contributed by atoms with E-state index in [9.17, 15) is 9.59 Å². The van der Waals surface area contributed by atoms with Gasteiger partial charge in [0.1, 0.15) is 0 Å². The zero-order valence-corrected chi connectivity index (χ0v) is 12.8. The summed E-state index contributed by atoms with van der Waals surface area (Å²) in [7, 11) is 1.63. The Morgan fingerprint density at radius 1 is 1.00 bits per heavy atom. The van der Waals surface area contributed by atoms with Crippen molar-refractivity contribution >= 4 is 17.5 Å². The lowest BCUT2D eigenvalue weighted by Crippen LogP contribution is -2.17. The molecule has 0 aromatic heterocycles. The number of carbonyl (C=O) groups excluding carboxylic acids is 2. The van der Waals surface area contributed by atoms with Gasteiger partial charge in [0, 0.05) is 24.7 Å². The smallest absolute Gasteiger partial charge is 0.255 e. The molecule has 0 radical (unpaired) electrons. The topological polar surface area (TPSA) is 58.2 Å². The second-order valence-corrected chi connectivity index (χ2v) is 5.14. The quantitative estimate of drug-likeness (QED) is 0.891. The second-order valence-electron chi connectivity index (χ2n) is 5.14. The number of benzene rings is 2. The van der Waals surface area contributed by atoms with Gasteiger partial charge in [-0.05, 0) is 42.7 Å². The average molecular weight is 296 g/mol. The monoisotopic (exact) mass is 296 g/mol. The highest BCUT2D eigenvalue weighted by Gasteiger charge is 2.08. The highest BCUT2D eigenvalue weighted by Crippen LogP contribution is 2.14. The van der Waals surface area contributed by atoms with Crippen molar-refractivity contribution in [3.05, 3.63) is 65.2 Å². The number of anilines is 1. The summed E-state index contributed by atoms with van der Waals surface area (Å²) in [5.41, 5.74) is 3.43. The van der Waals surface area contributed by atoms with E-state index in [1.165, 1.54) is 0 Å². The number of nitrogens with one attached hydrogen (secondary N) is 2. The van der Waals surface area contributed by atoms with E-state index in [-0.39, 0.29) is 11.8 Å². The van der Waals surface area contributed by atoms with Crippen LogP contribution in [-0.2, 0) is 11.2 Å². The molecule has 0 unspecified atom stereocenters. The fraction of sp³-hybridized carbons (Fsp3) is 0.222. The van der Waals surface area contributed by atoms with Crippen LogP contribution in [0.25, 0.3) is 0 Å². The average Bonchev–Trinajstić information content (AvgIpc) is 2.54. The van der Waals surface area contributed by atoms with E-state index in [0.29, 0.717) is 18.4 Å². The molecule has 0 atom stereocenters. The van der Waals surface area contributed by atoms with E-state index in [0.717, 1.165) is 16.8 Å². The fourth-order valence-electron chi connectivity index (χ4n) is 2.16. The van der Waals surface area contributed by atoms with Crippen LogP contribution in [0.5, 0.6) is 0 Å². The van der Waals surface area contributed by atoms with Crippen LogP contribution < -0.4 is 10.6 Å². The highest BCUT2D eigenvalue weighted by atomic mass is 16.2. The molecule has 0 aliphatic rings. The molecular formula is C18H20N2O2. The molecule has 2 aromatic carbocycles. The minimum atomic E-state index is -0.115. The van der Waals surface area contributed by atoms with E-state index in [4.69, 9.17) is 0 Å². The summed E-state index contributed by atoms with van der Waals surface area (Å²) in [6.07, 6.45) is 1.15. The molecule has 0 heterocycles. The largest absolute Gasteiger partial charge is 0.359 e. The predicted molar refractivity (Wildman–Crippen MR) is 88.0 cm³/mol. The third-order valence-corrected chi connectivity index (χ3v) is 3.52. The Morgan fingerprint density at radius 3 is 2.32 bits per heavy atom. The zero-order valence-electron chi connectivity index (χ0n) is 12.8. The number of carbonyl (C=O) groups is 2. The molecule has 2 aromatic rings. The predicted octanol–water partition coefficient (Wildman–Crippen LogP) is 2.93. The van der Waals surface area contributed by atoms with Gasteiger partial charge in [-0.2, -0.15) is 0 Å². The van der Waals surface area contributed by atoms with Gasteiger partial charge in [-0.15, -0.1) is 0 Å². The van der Waals surface area contributed by atoms with Gasteiger partial charge >= 0.3 is 0 Å². The summed E-state index contributed by atoms with van der Waals surface area (Å²) < 4.78 is 0. The fourth-order valence-corrected chi connectivity index (χ4v) is 2.16. The molecule has 4 nitrogen and oxygen atoms in total. The summed E-state index contributed by atoms with van der Waals surface area (Å²) in [5, 5.41) is 5.48. The van der Waals surface area contributed by atoms with Crippen molar-refractivity contribution in [3.8, 4) is 0 Å². The molecule has 4 heteroatoms. The summed E-state index contributed by atoms with van der Waals surface area (Å²) in [6.45, 7) is 1.91. The van der Waals surface area contributed by atoms with Crippen LogP contribution >= 0.6 is 0 Å². The van der Waals surface area contributed by atoms with E-state index >= 15 is 0 Å². The lowest BCUT2D eigenvalue weighted by atomic mass is 10.1. The van der Waals surface area contributed by atoms with Crippen LogP contribution in [0.15, 0.2) is 48.5 Å². The molecule has 0 aliphatic heterocycles. The Morgan fingerprint density at radius 2 is 1.68 bits per heavy atom. The maximum atomic E-state index is 12.2. The first-order valence-corrected chi connectivity index (χ1v) is 7.26. The number of aryl methyl sites for hydroxylation is 2. The molecule has 0 aliphatic carbocycles. The highest BCUT2D eigenvalue weighted by molar-refractivity contribution is 6.05. The normalized spacial score (nSPS) is 10.1. The zero-order chi connectivity index (χ0) is 15.9. The molecule has 114 valence electrons. The molecule has 2 N–H and O–H groups in total. The van der Waals surface area contributed by atoms with Gasteiger partial charge in [-0.1, -0.05) is 30.3 Å². The SMILES string of the molecule is CNC(=O)CCc1ccc(NC(=O)c2ccccc2C)cc1. The van der Waals surface area contributed by atoms with Crippen molar-refractivity contribution in [1.29, 1.82) is 0 Å². The molecule has 0 bridgehead atoms. The maximum absolute atomic E-state index is 12.2. The number of rotatable bonds is 5. The van der Waals surface area contributed by atoms with Crippen LogP contribution in [0.3, 0.4) is 0 Å². The van der Waals surface area contributed by atoms with Crippen LogP contribution in [0, 0.1) is 6.92 Å². The number of hydrogen-bond donors (Lipinski definition) is 2. The molecule has 22 heavy (non-hydrogen) atoms. The molecule has 2 amide bonds. The first kappa shape index (κ1) is 15.8.